The molecule has 0 atom stereocenters. The number of ether oxygens (including phenoxy) is 1. The van der Waals surface area contributed by atoms with Crippen molar-refractivity contribution in [2.24, 2.45) is 5.73 Å². The lowest BCUT2D eigenvalue weighted by molar-refractivity contribution is -0.429. The van der Waals surface area contributed by atoms with Crippen molar-refractivity contribution in [3.8, 4) is 0 Å². The molecule has 0 rings (SSSR count). The van der Waals surface area contributed by atoms with E-state index in [1.54, 1.807) is 14.0 Å². The Balaban J connectivity index is 4.14. The molecule has 0 saturated carbocycles. The van der Waals surface area contributed by atoms with Crippen LogP contribution in [0, 0.1) is 10.1 Å². The lowest BCUT2D eigenvalue weighted by atomic mass is 10.3. The molecule has 0 aromatic heterocycles. The smallest absolute Gasteiger partial charge is 0.285 e. The molecule has 0 unspecified atom stereocenters. The predicted octanol–water partition coefficient (Wildman–Crippen LogP) is 0.0369. The minimum atomic E-state index is -0.477. The van der Waals surface area contributed by atoms with Crippen LogP contribution in [-0.4, -0.2) is 25.2 Å². The fourth-order valence-electron chi connectivity index (χ4n) is 0.808. The van der Waals surface area contributed by atoms with Gasteiger partial charge in [-0.3, -0.25) is 10.1 Å². The number of allylic oxidation sites excluding steroid dienone is 1. The van der Waals surface area contributed by atoms with Crippen LogP contribution < -0.4 is 11.1 Å². The van der Waals surface area contributed by atoms with E-state index in [1.165, 1.54) is 0 Å². The zero-order valence-electron chi connectivity index (χ0n) is 7.87. The summed E-state index contributed by atoms with van der Waals surface area (Å²) < 4.78 is 4.76. The largest absolute Gasteiger partial charge is 0.383 e. The van der Waals surface area contributed by atoms with E-state index in [-0.39, 0.29) is 11.5 Å². The van der Waals surface area contributed by atoms with Crippen LogP contribution in [0.1, 0.15) is 13.3 Å². The van der Waals surface area contributed by atoms with E-state index in [2.05, 4.69) is 5.32 Å². The number of nitro groups is 1. The van der Waals surface area contributed by atoms with Gasteiger partial charge in [0, 0.05) is 20.1 Å². The number of methoxy groups -OCH3 is 1. The molecule has 0 bridgehead atoms. The van der Waals surface area contributed by atoms with Crippen LogP contribution in [0.15, 0.2) is 11.5 Å². The van der Waals surface area contributed by atoms with Gasteiger partial charge in [0.1, 0.15) is 0 Å². The van der Waals surface area contributed by atoms with E-state index in [0.29, 0.717) is 19.6 Å². The molecular formula is C7H15N3O3. The summed E-state index contributed by atoms with van der Waals surface area (Å²) in [6.07, 6.45) is 0.304. The van der Waals surface area contributed by atoms with Crippen molar-refractivity contribution < 1.29 is 9.66 Å². The summed E-state index contributed by atoms with van der Waals surface area (Å²) in [5, 5.41) is 13.1. The highest BCUT2D eigenvalue weighted by atomic mass is 16.6. The van der Waals surface area contributed by atoms with E-state index in [4.69, 9.17) is 10.5 Å². The Morgan fingerprint density at radius 2 is 2.31 bits per heavy atom. The average Bonchev–Trinajstić information content (AvgIpc) is 2.05. The van der Waals surface area contributed by atoms with Crippen molar-refractivity contribution in [3.05, 3.63) is 21.6 Å². The maximum atomic E-state index is 10.4. The van der Waals surface area contributed by atoms with Crippen LogP contribution >= 0.6 is 0 Å². The lowest BCUT2D eigenvalue weighted by Gasteiger charge is -2.05. The molecule has 0 saturated heterocycles. The van der Waals surface area contributed by atoms with Gasteiger partial charge >= 0.3 is 0 Å². The molecule has 0 fully saturated rings. The van der Waals surface area contributed by atoms with Crippen molar-refractivity contribution in [1.82, 2.24) is 5.32 Å². The van der Waals surface area contributed by atoms with Gasteiger partial charge < -0.3 is 15.8 Å². The molecule has 0 aliphatic carbocycles. The first-order valence-corrected chi connectivity index (χ1v) is 3.99. The monoisotopic (exact) mass is 189 g/mol. The number of nitrogens with two attached hydrogens (primary N) is 1. The highest BCUT2D eigenvalue weighted by Crippen LogP contribution is 2.02. The third-order valence-corrected chi connectivity index (χ3v) is 1.49. The van der Waals surface area contributed by atoms with Crippen LogP contribution in [0.3, 0.4) is 0 Å². The maximum absolute atomic E-state index is 10.4. The second-order valence-corrected chi connectivity index (χ2v) is 2.39. The SMILES string of the molecule is CCC(=C(N)NCCOC)[N+](=O)[O-]. The van der Waals surface area contributed by atoms with Gasteiger partial charge in [-0.15, -0.1) is 0 Å². The van der Waals surface area contributed by atoms with Crippen molar-refractivity contribution in [3.63, 3.8) is 0 Å². The molecule has 0 aromatic carbocycles. The number of nitrogens with zero attached hydrogens (tertiary/aromatic N) is 1. The Bertz CT molecular complexity index is 203. The molecule has 0 heterocycles. The van der Waals surface area contributed by atoms with Gasteiger partial charge in [0.2, 0.25) is 0 Å². The zero-order valence-corrected chi connectivity index (χ0v) is 7.87. The molecular weight excluding hydrogens is 174 g/mol. The van der Waals surface area contributed by atoms with Gasteiger partial charge in [0.05, 0.1) is 11.5 Å². The second-order valence-electron chi connectivity index (χ2n) is 2.39. The van der Waals surface area contributed by atoms with Crippen molar-refractivity contribution in [1.29, 1.82) is 0 Å². The van der Waals surface area contributed by atoms with E-state index >= 15 is 0 Å². The minimum absolute atomic E-state index is 0.0103. The van der Waals surface area contributed by atoms with Crippen LogP contribution in [0.2, 0.25) is 0 Å². The Hall–Kier alpha value is -1.30. The molecule has 0 aromatic rings. The van der Waals surface area contributed by atoms with Crippen LogP contribution in [0.5, 0.6) is 0 Å². The van der Waals surface area contributed by atoms with E-state index < -0.39 is 4.92 Å². The standard InChI is InChI=1S/C7H15N3O3/c1-3-6(10(11)12)7(8)9-4-5-13-2/h9H,3-5,8H2,1-2H3. The molecule has 0 aliphatic rings. The Kier molecular flexibility index (Phi) is 5.62. The molecule has 13 heavy (non-hydrogen) atoms. The molecule has 6 nitrogen and oxygen atoms in total. The number of rotatable bonds is 6. The number of nitrogens with one attached hydrogen (secondary N) is 1. The molecule has 0 radical (unpaired) electrons. The van der Waals surface area contributed by atoms with Crippen LogP contribution in [0.4, 0.5) is 0 Å². The Labute approximate surface area is 76.9 Å². The quantitative estimate of drug-likeness (QED) is 0.349. The number of hydrogen-bond acceptors (Lipinski definition) is 5. The first-order chi connectivity index (χ1) is 6.13. The fourth-order valence-corrected chi connectivity index (χ4v) is 0.808. The third kappa shape index (κ3) is 4.32. The summed E-state index contributed by atoms with van der Waals surface area (Å²) in [4.78, 5) is 9.92. The van der Waals surface area contributed by atoms with Gasteiger partial charge in [-0.2, -0.15) is 0 Å². The first-order valence-electron chi connectivity index (χ1n) is 3.99. The molecule has 0 amide bonds. The second kappa shape index (κ2) is 6.24. The Morgan fingerprint density at radius 1 is 1.69 bits per heavy atom. The van der Waals surface area contributed by atoms with E-state index in [0.717, 1.165) is 0 Å². The van der Waals surface area contributed by atoms with Crippen LogP contribution in [-0.2, 0) is 4.74 Å². The van der Waals surface area contributed by atoms with E-state index in [9.17, 15) is 10.1 Å². The molecule has 0 aliphatic heterocycles. The van der Waals surface area contributed by atoms with Gasteiger partial charge in [-0.05, 0) is 0 Å². The normalized spacial score (nSPS) is 12.2. The molecule has 76 valence electrons. The number of hydrogen-bond donors (Lipinski definition) is 2. The third-order valence-electron chi connectivity index (χ3n) is 1.49. The van der Waals surface area contributed by atoms with Gasteiger partial charge in [0.25, 0.3) is 5.70 Å². The summed E-state index contributed by atoms with van der Waals surface area (Å²) >= 11 is 0. The maximum Gasteiger partial charge on any atom is 0.285 e. The minimum Gasteiger partial charge on any atom is -0.383 e. The van der Waals surface area contributed by atoms with Gasteiger partial charge in [-0.25, -0.2) is 0 Å². The van der Waals surface area contributed by atoms with E-state index in [1.807, 2.05) is 0 Å². The summed E-state index contributed by atoms with van der Waals surface area (Å²) in [5.41, 5.74) is 5.45. The summed E-state index contributed by atoms with van der Waals surface area (Å²) in [7, 11) is 1.55. The van der Waals surface area contributed by atoms with Crippen molar-refractivity contribution in [2.45, 2.75) is 13.3 Å². The summed E-state index contributed by atoms with van der Waals surface area (Å²) in [6.45, 7) is 2.62. The summed E-state index contributed by atoms with van der Waals surface area (Å²) in [6, 6.07) is 0. The summed E-state index contributed by atoms with van der Waals surface area (Å²) in [5.74, 6) is 0.115. The zero-order chi connectivity index (χ0) is 10.3. The van der Waals surface area contributed by atoms with Crippen molar-refractivity contribution >= 4 is 0 Å². The molecule has 3 N–H and O–H groups in total. The molecule has 6 heteroatoms. The van der Waals surface area contributed by atoms with Crippen molar-refractivity contribution in [2.75, 3.05) is 20.3 Å². The highest BCUT2D eigenvalue weighted by molar-refractivity contribution is 5.00. The lowest BCUT2D eigenvalue weighted by Crippen LogP contribution is -2.27. The Morgan fingerprint density at radius 3 is 2.69 bits per heavy atom. The van der Waals surface area contributed by atoms with Gasteiger partial charge in [0.15, 0.2) is 5.82 Å². The topological polar surface area (TPSA) is 90.4 Å². The fraction of sp³-hybridized carbons (Fsp3) is 0.714. The van der Waals surface area contributed by atoms with Crippen LogP contribution in [0.25, 0.3) is 0 Å². The van der Waals surface area contributed by atoms with Gasteiger partial charge in [-0.1, -0.05) is 6.92 Å². The molecule has 0 spiro atoms. The average molecular weight is 189 g/mol. The first kappa shape index (κ1) is 11.7. The highest BCUT2D eigenvalue weighted by Gasteiger charge is 2.12. The predicted molar refractivity (Wildman–Crippen MR) is 48.4 cm³/mol.